The average molecular weight is 320 g/mol. The quantitative estimate of drug-likeness (QED) is 0.634. The fourth-order valence-electron chi connectivity index (χ4n) is 1.77. The van der Waals surface area contributed by atoms with Crippen LogP contribution in [0.3, 0.4) is 0 Å². The summed E-state index contributed by atoms with van der Waals surface area (Å²) in [5, 5.41) is 14.2. The summed E-state index contributed by atoms with van der Waals surface area (Å²) in [6.45, 7) is 0. The van der Waals surface area contributed by atoms with Crippen LogP contribution in [0, 0.1) is 0 Å². The van der Waals surface area contributed by atoms with E-state index in [4.69, 9.17) is 0 Å². The van der Waals surface area contributed by atoms with Crippen molar-refractivity contribution in [2.24, 2.45) is 0 Å². The summed E-state index contributed by atoms with van der Waals surface area (Å²) in [6.07, 6.45) is 3.14. The standard InChI is InChI=1S/C14H16N4OS2/c19-12(15-11-6-7-11)16-13-17-18-14(21-13)20-9-8-10-4-2-1-3-5-10/h1-5,11H,6-9H2,(H2,15,16,17,19). The molecule has 2 aromatic rings. The van der Waals surface area contributed by atoms with Gasteiger partial charge in [0.1, 0.15) is 0 Å². The average Bonchev–Trinajstić information content (AvgIpc) is 3.18. The predicted molar refractivity (Wildman–Crippen MR) is 86.0 cm³/mol. The molecule has 0 aliphatic heterocycles. The van der Waals surface area contributed by atoms with Crippen molar-refractivity contribution >= 4 is 34.3 Å². The summed E-state index contributed by atoms with van der Waals surface area (Å²) >= 11 is 3.08. The van der Waals surface area contributed by atoms with Gasteiger partial charge in [-0.05, 0) is 24.8 Å². The van der Waals surface area contributed by atoms with Crippen molar-refractivity contribution in [2.75, 3.05) is 11.1 Å². The predicted octanol–water partition coefficient (Wildman–Crippen LogP) is 3.16. The minimum absolute atomic E-state index is 0.186. The van der Waals surface area contributed by atoms with Gasteiger partial charge in [0.05, 0.1) is 0 Å². The highest BCUT2D eigenvalue weighted by molar-refractivity contribution is 8.01. The van der Waals surface area contributed by atoms with Gasteiger partial charge in [-0.25, -0.2) is 4.79 Å². The Labute approximate surface area is 131 Å². The highest BCUT2D eigenvalue weighted by Gasteiger charge is 2.23. The van der Waals surface area contributed by atoms with E-state index in [2.05, 4.69) is 33.0 Å². The van der Waals surface area contributed by atoms with Gasteiger partial charge in [-0.1, -0.05) is 53.4 Å². The molecule has 0 radical (unpaired) electrons. The molecule has 1 aromatic carbocycles. The minimum Gasteiger partial charge on any atom is -0.335 e. The van der Waals surface area contributed by atoms with Crippen LogP contribution in [0.15, 0.2) is 34.7 Å². The zero-order valence-electron chi connectivity index (χ0n) is 11.4. The van der Waals surface area contributed by atoms with Gasteiger partial charge in [-0.3, -0.25) is 5.32 Å². The number of nitrogens with zero attached hydrogens (tertiary/aromatic N) is 2. The van der Waals surface area contributed by atoms with E-state index in [0.717, 1.165) is 29.4 Å². The number of thioether (sulfide) groups is 1. The monoisotopic (exact) mass is 320 g/mol. The highest BCUT2D eigenvalue weighted by atomic mass is 32.2. The molecule has 1 aliphatic carbocycles. The molecule has 1 heterocycles. The molecule has 110 valence electrons. The lowest BCUT2D eigenvalue weighted by Gasteiger charge is -2.01. The van der Waals surface area contributed by atoms with Crippen molar-refractivity contribution in [1.29, 1.82) is 0 Å². The summed E-state index contributed by atoms with van der Waals surface area (Å²) in [5.41, 5.74) is 1.32. The van der Waals surface area contributed by atoms with Crippen LogP contribution >= 0.6 is 23.1 Å². The van der Waals surface area contributed by atoms with Crippen LogP contribution in [0.4, 0.5) is 9.93 Å². The van der Waals surface area contributed by atoms with Gasteiger partial charge in [-0.2, -0.15) is 0 Å². The van der Waals surface area contributed by atoms with Gasteiger partial charge in [-0.15, -0.1) is 10.2 Å². The van der Waals surface area contributed by atoms with Crippen molar-refractivity contribution in [3.63, 3.8) is 0 Å². The van der Waals surface area contributed by atoms with Crippen LogP contribution in [0.25, 0.3) is 0 Å². The Morgan fingerprint density at radius 2 is 2.10 bits per heavy atom. The van der Waals surface area contributed by atoms with Gasteiger partial charge in [0, 0.05) is 11.8 Å². The first-order chi connectivity index (χ1) is 10.3. The summed E-state index contributed by atoms with van der Waals surface area (Å²) in [5.74, 6) is 0.951. The SMILES string of the molecule is O=C(Nc1nnc(SCCc2ccccc2)s1)NC1CC1. The number of urea groups is 1. The van der Waals surface area contributed by atoms with Crippen molar-refractivity contribution in [3.8, 4) is 0 Å². The third-order valence-electron chi connectivity index (χ3n) is 3.00. The van der Waals surface area contributed by atoms with E-state index in [9.17, 15) is 4.79 Å². The molecule has 0 atom stereocenters. The number of anilines is 1. The van der Waals surface area contributed by atoms with Gasteiger partial charge in [0.2, 0.25) is 5.13 Å². The van der Waals surface area contributed by atoms with E-state index in [1.54, 1.807) is 11.8 Å². The second-order valence-corrected chi connectivity index (χ2v) is 7.15. The fourth-order valence-corrected chi connectivity index (χ4v) is 3.57. The third kappa shape index (κ3) is 4.71. The molecule has 0 spiro atoms. The maximum Gasteiger partial charge on any atom is 0.321 e. The second kappa shape index (κ2) is 6.91. The number of carbonyl (C=O) groups is 1. The van der Waals surface area contributed by atoms with Crippen LogP contribution in [0.5, 0.6) is 0 Å². The Kier molecular flexibility index (Phi) is 4.72. The van der Waals surface area contributed by atoms with Crippen LogP contribution < -0.4 is 10.6 Å². The summed E-state index contributed by atoms with van der Waals surface area (Å²) in [7, 11) is 0. The van der Waals surface area contributed by atoms with Crippen molar-refractivity contribution in [2.45, 2.75) is 29.6 Å². The zero-order valence-corrected chi connectivity index (χ0v) is 13.0. The van der Waals surface area contributed by atoms with Gasteiger partial charge < -0.3 is 5.32 Å². The minimum atomic E-state index is -0.186. The second-order valence-electron chi connectivity index (χ2n) is 4.83. The van der Waals surface area contributed by atoms with E-state index in [0.29, 0.717) is 11.2 Å². The molecule has 5 nitrogen and oxygen atoms in total. The van der Waals surface area contributed by atoms with E-state index in [1.807, 2.05) is 18.2 Å². The Morgan fingerprint density at radius 1 is 1.29 bits per heavy atom. The van der Waals surface area contributed by atoms with Crippen LogP contribution in [-0.2, 0) is 6.42 Å². The Morgan fingerprint density at radius 3 is 2.86 bits per heavy atom. The number of nitrogens with one attached hydrogen (secondary N) is 2. The lowest BCUT2D eigenvalue weighted by molar-refractivity contribution is 0.251. The molecule has 3 rings (SSSR count). The molecule has 2 amide bonds. The van der Waals surface area contributed by atoms with E-state index < -0.39 is 0 Å². The molecule has 0 unspecified atom stereocenters. The highest BCUT2D eigenvalue weighted by Crippen LogP contribution is 2.26. The fraction of sp³-hybridized carbons (Fsp3) is 0.357. The number of amides is 2. The first-order valence-electron chi connectivity index (χ1n) is 6.87. The smallest absolute Gasteiger partial charge is 0.321 e. The molecule has 0 bridgehead atoms. The van der Waals surface area contributed by atoms with Crippen LogP contribution in [0.2, 0.25) is 0 Å². The lowest BCUT2D eigenvalue weighted by Crippen LogP contribution is -2.30. The molecule has 1 saturated carbocycles. The van der Waals surface area contributed by atoms with Crippen LogP contribution in [-0.4, -0.2) is 28.0 Å². The molecule has 7 heteroatoms. The Balaban J connectivity index is 1.43. The lowest BCUT2D eigenvalue weighted by atomic mass is 10.2. The molecule has 2 N–H and O–H groups in total. The molecule has 1 aliphatic rings. The molecular formula is C14H16N4OS2. The third-order valence-corrected chi connectivity index (χ3v) is 4.97. The topological polar surface area (TPSA) is 66.9 Å². The van der Waals surface area contributed by atoms with Gasteiger partial charge >= 0.3 is 6.03 Å². The van der Waals surface area contributed by atoms with E-state index in [1.165, 1.54) is 16.9 Å². The summed E-state index contributed by atoms with van der Waals surface area (Å²) in [4.78, 5) is 11.6. The number of rotatable bonds is 6. The number of hydrogen-bond acceptors (Lipinski definition) is 5. The van der Waals surface area contributed by atoms with Crippen LogP contribution in [0.1, 0.15) is 18.4 Å². The largest absolute Gasteiger partial charge is 0.335 e. The van der Waals surface area contributed by atoms with Crippen molar-refractivity contribution < 1.29 is 4.79 Å². The molecule has 0 saturated heterocycles. The zero-order chi connectivity index (χ0) is 14.5. The summed E-state index contributed by atoms with van der Waals surface area (Å²) < 4.78 is 0.882. The maximum absolute atomic E-state index is 11.6. The molecule has 1 fully saturated rings. The number of carbonyl (C=O) groups excluding carboxylic acids is 1. The van der Waals surface area contributed by atoms with Crippen molar-refractivity contribution in [3.05, 3.63) is 35.9 Å². The Bertz CT molecular complexity index is 598. The van der Waals surface area contributed by atoms with Crippen molar-refractivity contribution in [1.82, 2.24) is 15.5 Å². The number of hydrogen-bond donors (Lipinski definition) is 2. The first-order valence-corrected chi connectivity index (χ1v) is 8.67. The molecule has 1 aromatic heterocycles. The molecular weight excluding hydrogens is 304 g/mol. The number of aryl methyl sites for hydroxylation is 1. The number of aromatic nitrogens is 2. The number of benzene rings is 1. The van der Waals surface area contributed by atoms with Gasteiger partial charge in [0.15, 0.2) is 4.34 Å². The van der Waals surface area contributed by atoms with E-state index >= 15 is 0 Å². The Hall–Kier alpha value is -1.60. The molecule has 21 heavy (non-hydrogen) atoms. The first kappa shape index (κ1) is 14.3. The summed E-state index contributed by atoms with van der Waals surface area (Å²) in [6, 6.07) is 10.5. The maximum atomic E-state index is 11.6. The van der Waals surface area contributed by atoms with E-state index in [-0.39, 0.29) is 6.03 Å². The van der Waals surface area contributed by atoms with Gasteiger partial charge in [0.25, 0.3) is 0 Å². The normalized spacial score (nSPS) is 13.9.